The van der Waals surface area contributed by atoms with E-state index in [1.165, 1.54) is 16.4 Å². The minimum Gasteiger partial charge on any atom is -0.497 e. The zero-order chi connectivity index (χ0) is 20.5. The molecule has 1 atom stereocenters. The maximum absolute atomic E-state index is 13.4. The molecule has 1 saturated carbocycles. The average Bonchev–Trinajstić information content (AvgIpc) is 3.51. The van der Waals surface area contributed by atoms with E-state index in [9.17, 15) is 18.5 Å². The van der Waals surface area contributed by atoms with E-state index in [1.54, 1.807) is 26.2 Å². The lowest BCUT2D eigenvalue weighted by Crippen LogP contribution is -2.39. The van der Waals surface area contributed by atoms with Gasteiger partial charge in [0.15, 0.2) is 0 Å². The van der Waals surface area contributed by atoms with E-state index >= 15 is 0 Å². The monoisotopic (exact) mass is 404 g/mol. The molecule has 28 heavy (non-hydrogen) atoms. The summed E-state index contributed by atoms with van der Waals surface area (Å²) in [5.41, 5.74) is 1.07. The quantitative estimate of drug-likeness (QED) is 0.492. The molecule has 1 aliphatic carbocycles. The summed E-state index contributed by atoms with van der Waals surface area (Å²) in [5, 5.41) is 11.3. The van der Waals surface area contributed by atoms with Crippen molar-refractivity contribution in [2.24, 2.45) is 5.92 Å². The maximum atomic E-state index is 13.4. The second-order valence-electron chi connectivity index (χ2n) is 7.18. The van der Waals surface area contributed by atoms with Crippen molar-refractivity contribution < 1.29 is 18.1 Å². The number of methoxy groups -OCH3 is 1. The first-order valence-corrected chi connectivity index (χ1v) is 10.6. The maximum Gasteiger partial charge on any atom is 0.273 e. The molecule has 2 aromatic carbocycles. The van der Waals surface area contributed by atoms with Crippen molar-refractivity contribution in [1.29, 1.82) is 0 Å². The van der Waals surface area contributed by atoms with Crippen LogP contribution in [0.3, 0.4) is 0 Å². The SMILES string of the molecule is COc1ccc(CN([C@H](C)C2CC2)S(=O)(=O)c2ccc(C)c([N+](=O)[O-])c2)cc1. The fourth-order valence-electron chi connectivity index (χ4n) is 3.25. The van der Waals surface area contributed by atoms with E-state index in [0.717, 1.165) is 24.5 Å². The number of benzene rings is 2. The minimum absolute atomic E-state index is 0.0502. The van der Waals surface area contributed by atoms with E-state index in [4.69, 9.17) is 4.74 Å². The van der Waals surface area contributed by atoms with Gasteiger partial charge in [-0.25, -0.2) is 8.42 Å². The van der Waals surface area contributed by atoms with Crippen molar-refractivity contribution in [3.05, 3.63) is 63.7 Å². The van der Waals surface area contributed by atoms with Gasteiger partial charge in [-0.05, 0) is 56.4 Å². The molecule has 2 aromatic rings. The molecule has 0 aromatic heterocycles. The van der Waals surface area contributed by atoms with Crippen molar-refractivity contribution in [2.75, 3.05) is 7.11 Å². The zero-order valence-electron chi connectivity index (χ0n) is 16.2. The van der Waals surface area contributed by atoms with Crippen LogP contribution in [0.15, 0.2) is 47.4 Å². The van der Waals surface area contributed by atoms with Crippen LogP contribution in [0.25, 0.3) is 0 Å². The number of ether oxygens (including phenoxy) is 1. The Kier molecular flexibility index (Phi) is 5.71. The zero-order valence-corrected chi connectivity index (χ0v) is 17.0. The predicted molar refractivity (Wildman–Crippen MR) is 106 cm³/mol. The van der Waals surface area contributed by atoms with Crippen LogP contribution in [-0.4, -0.2) is 30.8 Å². The molecule has 0 saturated heterocycles. The molecule has 0 heterocycles. The Bertz CT molecular complexity index is 969. The van der Waals surface area contributed by atoms with Gasteiger partial charge in [-0.1, -0.05) is 18.2 Å². The Balaban J connectivity index is 1.98. The van der Waals surface area contributed by atoms with Gasteiger partial charge in [-0.3, -0.25) is 10.1 Å². The Labute approximate surface area is 165 Å². The molecular formula is C20H24N2O5S. The Morgan fingerprint density at radius 1 is 1.21 bits per heavy atom. The highest BCUT2D eigenvalue weighted by molar-refractivity contribution is 7.89. The van der Waals surface area contributed by atoms with Gasteiger partial charge in [-0.15, -0.1) is 0 Å². The van der Waals surface area contributed by atoms with Gasteiger partial charge in [0.2, 0.25) is 10.0 Å². The summed E-state index contributed by atoms with van der Waals surface area (Å²) in [7, 11) is -2.32. The number of hydrogen-bond acceptors (Lipinski definition) is 5. The molecule has 0 amide bonds. The van der Waals surface area contributed by atoms with Gasteiger partial charge in [-0.2, -0.15) is 4.31 Å². The summed E-state index contributed by atoms with van der Waals surface area (Å²) in [6.07, 6.45) is 1.98. The number of nitro groups is 1. The molecule has 0 bridgehead atoms. The number of nitrogens with zero attached hydrogens (tertiary/aromatic N) is 2. The Hall–Kier alpha value is -2.45. The number of rotatable bonds is 8. The van der Waals surface area contributed by atoms with Crippen molar-refractivity contribution >= 4 is 15.7 Å². The topological polar surface area (TPSA) is 89.8 Å². The van der Waals surface area contributed by atoms with Crippen LogP contribution < -0.4 is 4.74 Å². The summed E-state index contributed by atoms with van der Waals surface area (Å²) in [6, 6.07) is 11.1. The number of nitro benzene ring substituents is 1. The second-order valence-corrected chi connectivity index (χ2v) is 9.07. The van der Waals surface area contributed by atoms with E-state index in [2.05, 4.69) is 0 Å². The third kappa shape index (κ3) is 4.18. The van der Waals surface area contributed by atoms with Crippen LogP contribution >= 0.6 is 0 Å². The minimum atomic E-state index is -3.89. The highest BCUT2D eigenvalue weighted by atomic mass is 32.2. The van der Waals surface area contributed by atoms with Crippen LogP contribution in [0.1, 0.15) is 30.9 Å². The van der Waals surface area contributed by atoms with Crippen LogP contribution in [0, 0.1) is 23.0 Å². The van der Waals surface area contributed by atoms with Crippen LogP contribution in [0.5, 0.6) is 5.75 Å². The van der Waals surface area contributed by atoms with Crippen LogP contribution in [0.2, 0.25) is 0 Å². The summed E-state index contributed by atoms with van der Waals surface area (Å²) in [4.78, 5) is 10.7. The Morgan fingerprint density at radius 2 is 1.86 bits per heavy atom. The van der Waals surface area contributed by atoms with Gasteiger partial charge in [0.25, 0.3) is 5.69 Å². The molecule has 8 heteroatoms. The molecule has 7 nitrogen and oxygen atoms in total. The summed E-state index contributed by atoms with van der Waals surface area (Å²) < 4.78 is 33.4. The summed E-state index contributed by atoms with van der Waals surface area (Å²) in [5.74, 6) is 1.01. The standard InChI is InChI=1S/C20H24N2O5S/c1-14-4-11-19(12-20(14)22(23)24)28(25,26)21(15(2)17-7-8-17)13-16-5-9-18(27-3)10-6-16/h4-6,9-12,15,17H,7-8,13H2,1-3H3/t15-/m1/s1. The molecular weight excluding hydrogens is 380 g/mol. The van der Waals surface area contributed by atoms with Gasteiger partial charge in [0.05, 0.1) is 16.9 Å². The molecule has 0 radical (unpaired) electrons. The Morgan fingerprint density at radius 3 is 2.39 bits per heavy atom. The predicted octanol–water partition coefficient (Wildman–Crippen LogP) is 3.90. The lowest BCUT2D eigenvalue weighted by atomic mass is 10.1. The lowest BCUT2D eigenvalue weighted by Gasteiger charge is -2.28. The normalized spacial score (nSPS) is 15.4. The number of sulfonamides is 1. The molecule has 3 rings (SSSR count). The fourth-order valence-corrected chi connectivity index (χ4v) is 4.95. The van der Waals surface area contributed by atoms with Gasteiger partial charge in [0, 0.05) is 24.2 Å². The molecule has 0 N–H and O–H groups in total. The smallest absolute Gasteiger partial charge is 0.273 e. The highest BCUT2D eigenvalue weighted by Crippen LogP contribution is 2.38. The third-order valence-corrected chi connectivity index (χ3v) is 7.17. The van der Waals surface area contributed by atoms with Crippen molar-refractivity contribution in [3.8, 4) is 5.75 Å². The van der Waals surface area contributed by atoms with Crippen molar-refractivity contribution in [2.45, 2.75) is 44.2 Å². The lowest BCUT2D eigenvalue weighted by molar-refractivity contribution is -0.385. The van der Waals surface area contributed by atoms with Crippen molar-refractivity contribution in [3.63, 3.8) is 0 Å². The third-order valence-electron chi connectivity index (χ3n) is 5.24. The van der Waals surface area contributed by atoms with Gasteiger partial charge in [0.1, 0.15) is 5.75 Å². The van der Waals surface area contributed by atoms with Crippen LogP contribution in [-0.2, 0) is 16.6 Å². The average molecular weight is 404 g/mol. The van der Waals surface area contributed by atoms with E-state index < -0.39 is 14.9 Å². The molecule has 1 aliphatic rings. The summed E-state index contributed by atoms with van der Waals surface area (Å²) >= 11 is 0. The molecule has 1 fully saturated rings. The number of aryl methyl sites for hydroxylation is 1. The first-order valence-electron chi connectivity index (χ1n) is 9.14. The highest BCUT2D eigenvalue weighted by Gasteiger charge is 2.38. The van der Waals surface area contributed by atoms with Crippen molar-refractivity contribution in [1.82, 2.24) is 4.31 Å². The first-order chi connectivity index (χ1) is 13.2. The second kappa shape index (κ2) is 7.89. The summed E-state index contributed by atoms with van der Waals surface area (Å²) in [6.45, 7) is 3.70. The van der Waals surface area contributed by atoms with E-state index in [0.29, 0.717) is 17.2 Å². The molecule has 0 spiro atoms. The number of hydrogen-bond donors (Lipinski definition) is 0. The molecule has 150 valence electrons. The van der Waals surface area contributed by atoms with Gasteiger partial charge >= 0.3 is 0 Å². The van der Waals surface area contributed by atoms with Crippen LogP contribution in [0.4, 0.5) is 5.69 Å². The molecule has 0 unspecified atom stereocenters. The first kappa shape index (κ1) is 20.3. The van der Waals surface area contributed by atoms with Gasteiger partial charge < -0.3 is 4.74 Å². The van der Waals surface area contributed by atoms with E-state index in [-0.39, 0.29) is 23.2 Å². The van der Waals surface area contributed by atoms with E-state index in [1.807, 2.05) is 19.1 Å². The fraction of sp³-hybridized carbons (Fsp3) is 0.400. The largest absolute Gasteiger partial charge is 0.497 e. The molecule has 0 aliphatic heterocycles.